The fourth-order valence-electron chi connectivity index (χ4n) is 3.73. The minimum atomic E-state index is -1.97. The highest BCUT2D eigenvalue weighted by molar-refractivity contribution is 6.51. The molecule has 5 atom stereocenters. The fraction of sp³-hybridized carbons (Fsp3) is 0.474. The number of hydrogen-bond acceptors (Lipinski definition) is 13. The number of benzene rings is 1. The summed E-state index contributed by atoms with van der Waals surface area (Å²) >= 11 is 0. The Morgan fingerprint density at radius 3 is 2.70 bits per heavy atom. The van der Waals surface area contributed by atoms with Crippen LogP contribution in [0.1, 0.15) is 5.56 Å². The van der Waals surface area contributed by atoms with Gasteiger partial charge in [0.05, 0.1) is 18.1 Å². The lowest BCUT2D eigenvalue weighted by molar-refractivity contribution is -0.384. The monoisotopic (exact) mass is 462 g/mol. The van der Waals surface area contributed by atoms with E-state index in [1.165, 1.54) is 17.0 Å². The van der Waals surface area contributed by atoms with Crippen molar-refractivity contribution in [3.63, 3.8) is 0 Å². The molecule has 176 valence electrons. The van der Waals surface area contributed by atoms with Crippen LogP contribution in [0.4, 0.5) is 5.69 Å². The average Bonchev–Trinajstić information content (AvgIpc) is 3.36. The number of nitrogens with two attached hydrogens (primary N) is 1. The molecule has 0 amide bonds. The van der Waals surface area contributed by atoms with E-state index in [1.807, 2.05) is 0 Å². The summed E-state index contributed by atoms with van der Waals surface area (Å²) in [6, 6.07) is 5.84. The smallest absolute Gasteiger partial charge is 0.355 e. The first kappa shape index (κ1) is 22.9. The number of nitrogens with zero attached hydrogens (tertiary/aromatic N) is 5. The molecule has 0 bridgehead atoms. The maximum Gasteiger partial charge on any atom is 0.355 e. The number of hydrogen-bond donors (Lipinski definition) is 4. The molecule has 33 heavy (non-hydrogen) atoms. The number of carbonyl (C=O) groups is 1. The first-order valence-corrected chi connectivity index (χ1v) is 10.0. The number of aliphatic hydroxyl groups is 3. The number of rotatable bonds is 7. The molecular formula is C19H22N6O8. The summed E-state index contributed by atoms with van der Waals surface area (Å²) in [6.45, 7) is -0.616. The lowest BCUT2D eigenvalue weighted by Gasteiger charge is -2.31. The van der Waals surface area contributed by atoms with E-state index < -0.39 is 47.7 Å². The van der Waals surface area contributed by atoms with Gasteiger partial charge in [-0.1, -0.05) is 12.1 Å². The van der Waals surface area contributed by atoms with E-state index >= 15 is 0 Å². The van der Waals surface area contributed by atoms with Crippen LogP contribution in [0.25, 0.3) is 0 Å². The third-order valence-corrected chi connectivity index (χ3v) is 5.57. The Kier molecular flexibility index (Phi) is 6.18. The molecule has 14 heteroatoms. The van der Waals surface area contributed by atoms with Gasteiger partial charge in [-0.15, -0.1) is 0 Å². The van der Waals surface area contributed by atoms with Gasteiger partial charge in [0.1, 0.15) is 37.0 Å². The second-order valence-corrected chi connectivity index (χ2v) is 7.62. The summed E-state index contributed by atoms with van der Waals surface area (Å²) in [4.78, 5) is 36.7. The number of nitro groups is 1. The van der Waals surface area contributed by atoms with Crippen molar-refractivity contribution in [1.29, 1.82) is 0 Å². The zero-order valence-corrected chi connectivity index (χ0v) is 17.2. The molecule has 3 aliphatic heterocycles. The zero-order valence-electron chi connectivity index (χ0n) is 17.2. The van der Waals surface area contributed by atoms with Crippen molar-refractivity contribution < 1.29 is 34.5 Å². The van der Waals surface area contributed by atoms with Crippen LogP contribution in [0.3, 0.4) is 0 Å². The fourth-order valence-corrected chi connectivity index (χ4v) is 3.73. The number of ether oxygens (including phenoxy) is 2. The summed E-state index contributed by atoms with van der Waals surface area (Å²) in [6.07, 6.45) is -3.34. The van der Waals surface area contributed by atoms with Gasteiger partial charge in [-0.3, -0.25) is 20.8 Å². The standard InChI is InChI=1S/C19H22N6O8/c20-19(18(29)32-6-5-10-1-3-11(4-2-10)25(30)31)15-16(21-8-23-19)24(9-22-15)17-14(28)13(27)12(7-26)33-17/h1-4,8,12-14,17,26-28H,5-7,9,20H2/t12-,13-,14-,17-,19?/m1/s1. The number of aliphatic hydroxyl groups excluding tert-OH is 3. The molecule has 0 aromatic heterocycles. The van der Waals surface area contributed by atoms with Crippen molar-refractivity contribution in [2.75, 3.05) is 19.9 Å². The second-order valence-electron chi connectivity index (χ2n) is 7.62. The summed E-state index contributed by atoms with van der Waals surface area (Å²) in [5.74, 6) is -0.746. The van der Waals surface area contributed by atoms with Crippen molar-refractivity contribution in [2.45, 2.75) is 36.6 Å². The lowest BCUT2D eigenvalue weighted by Crippen LogP contribution is -2.60. The zero-order chi connectivity index (χ0) is 23.8. The summed E-state index contributed by atoms with van der Waals surface area (Å²) < 4.78 is 10.8. The molecule has 1 unspecified atom stereocenters. The van der Waals surface area contributed by atoms with Crippen LogP contribution in [0.15, 0.2) is 39.2 Å². The molecule has 1 saturated heterocycles. The minimum Gasteiger partial charge on any atom is -0.462 e. The van der Waals surface area contributed by atoms with Gasteiger partial charge < -0.3 is 29.7 Å². The van der Waals surface area contributed by atoms with Crippen molar-refractivity contribution in [2.24, 2.45) is 20.7 Å². The quantitative estimate of drug-likeness (QED) is 0.198. The third kappa shape index (κ3) is 4.09. The maximum atomic E-state index is 12.8. The van der Waals surface area contributed by atoms with Gasteiger partial charge in [-0.2, -0.15) is 0 Å². The molecule has 1 fully saturated rings. The molecule has 3 heterocycles. The van der Waals surface area contributed by atoms with Gasteiger partial charge in [0.25, 0.3) is 11.4 Å². The van der Waals surface area contributed by atoms with Crippen molar-refractivity contribution in [3.05, 3.63) is 39.9 Å². The van der Waals surface area contributed by atoms with Crippen LogP contribution < -0.4 is 5.73 Å². The van der Waals surface area contributed by atoms with Crippen molar-refractivity contribution in [1.82, 2.24) is 4.90 Å². The predicted molar refractivity (Wildman–Crippen MR) is 113 cm³/mol. The van der Waals surface area contributed by atoms with E-state index in [1.54, 1.807) is 12.1 Å². The van der Waals surface area contributed by atoms with E-state index in [4.69, 9.17) is 15.2 Å². The van der Waals surface area contributed by atoms with Crippen LogP contribution >= 0.6 is 0 Å². The first-order valence-electron chi connectivity index (χ1n) is 10.0. The number of nitro benzene ring substituents is 1. The van der Waals surface area contributed by atoms with Gasteiger partial charge in [0.15, 0.2) is 12.1 Å². The molecule has 1 aromatic rings. The topological polar surface area (TPSA) is 206 Å². The Morgan fingerprint density at radius 2 is 2.06 bits per heavy atom. The van der Waals surface area contributed by atoms with Crippen molar-refractivity contribution in [3.8, 4) is 0 Å². The summed E-state index contributed by atoms with van der Waals surface area (Å²) in [5.41, 5.74) is 4.94. The molecule has 0 aliphatic carbocycles. The lowest BCUT2D eigenvalue weighted by atomic mass is 10.0. The minimum absolute atomic E-state index is 0.0167. The summed E-state index contributed by atoms with van der Waals surface area (Å²) in [7, 11) is 0. The predicted octanol–water partition coefficient (Wildman–Crippen LogP) is -2.07. The van der Waals surface area contributed by atoms with Crippen LogP contribution in [0.2, 0.25) is 0 Å². The van der Waals surface area contributed by atoms with Crippen LogP contribution in [0.5, 0.6) is 0 Å². The second kappa shape index (κ2) is 8.92. The number of amidine groups is 1. The van der Waals surface area contributed by atoms with E-state index in [0.717, 1.165) is 11.9 Å². The number of non-ortho nitro benzene ring substituents is 1. The largest absolute Gasteiger partial charge is 0.462 e. The number of fused-ring (bicyclic) bond motifs is 1. The Balaban J connectivity index is 1.40. The van der Waals surface area contributed by atoms with Crippen LogP contribution in [-0.4, -0.2) is 99.1 Å². The van der Waals surface area contributed by atoms with Gasteiger partial charge in [0, 0.05) is 18.6 Å². The highest BCUT2D eigenvalue weighted by atomic mass is 16.6. The molecule has 3 aliphatic rings. The highest BCUT2D eigenvalue weighted by Crippen LogP contribution is 2.29. The SMILES string of the molecule is NC1(C(=O)OCCc2ccc([N+](=O)[O-])cc2)N=CN=C2C1=NCN2[C@@H]1O[C@H](CO)[C@@H](O)[C@H]1O. The number of aliphatic imine (C=N–C) groups is 3. The van der Waals surface area contributed by atoms with E-state index in [-0.39, 0.29) is 30.5 Å². The Bertz CT molecular complexity index is 1030. The molecule has 0 spiro atoms. The average molecular weight is 462 g/mol. The normalized spacial score (nSPS) is 30.6. The van der Waals surface area contributed by atoms with Gasteiger partial charge in [-0.25, -0.2) is 14.8 Å². The van der Waals surface area contributed by atoms with E-state index in [0.29, 0.717) is 6.42 Å². The first-order chi connectivity index (χ1) is 15.8. The highest BCUT2D eigenvalue weighted by Gasteiger charge is 2.53. The Morgan fingerprint density at radius 1 is 1.33 bits per heavy atom. The van der Waals surface area contributed by atoms with Gasteiger partial charge in [0.2, 0.25) is 0 Å². The Labute approximate surface area is 186 Å². The molecule has 0 radical (unpaired) electrons. The van der Waals surface area contributed by atoms with E-state index in [2.05, 4.69) is 15.0 Å². The molecule has 5 N–H and O–H groups in total. The maximum absolute atomic E-state index is 12.8. The molecule has 1 aromatic carbocycles. The number of esters is 1. The number of carbonyl (C=O) groups excluding carboxylic acids is 1. The van der Waals surface area contributed by atoms with E-state index in [9.17, 15) is 30.2 Å². The van der Waals surface area contributed by atoms with Gasteiger partial charge in [-0.05, 0) is 5.56 Å². The van der Waals surface area contributed by atoms with Crippen LogP contribution in [0, 0.1) is 10.1 Å². The Hall–Kier alpha value is -3.30. The van der Waals surface area contributed by atoms with Gasteiger partial charge >= 0.3 is 5.97 Å². The van der Waals surface area contributed by atoms with Crippen LogP contribution in [-0.2, 0) is 20.7 Å². The van der Waals surface area contributed by atoms with Crippen molar-refractivity contribution >= 4 is 29.5 Å². The molecule has 4 rings (SSSR count). The molecular weight excluding hydrogens is 440 g/mol. The molecule has 14 nitrogen and oxygen atoms in total. The summed E-state index contributed by atoms with van der Waals surface area (Å²) in [5, 5.41) is 40.3. The third-order valence-electron chi connectivity index (χ3n) is 5.57. The molecule has 0 saturated carbocycles.